The van der Waals surface area contributed by atoms with Gasteiger partial charge in [0.15, 0.2) is 8.68 Å². The van der Waals surface area contributed by atoms with Crippen LogP contribution in [-0.2, 0) is 10.0 Å². The number of nitrogens with zero attached hydrogens (tertiary/aromatic N) is 1. The first kappa shape index (κ1) is 15.8. The minimum atomic E-state index is -3.62. The number of aliphatic hydroxyl groups is 1. The molecule has 104 valence electrons. The van der Waals surface area contributed by atoms with Gasteiger partial charge < -0.3 is 5.11 Å². The average molecular weight is 313 g/mol. The van der Waals surface area contributed by atoms with E-state index in [2.05, 4.69) is 9.71 Å². The molecule has 0 aliphatic carbocycles. The van der Waals surface area contributed by atoms with Gasteiger partial charge in [0.25, 0.3) is 10.0 Å². The third kappa shape index (κ3) is 4.17. The maximum atomic E-state index is 11.8. The molecule has 0 amide bonds. The van der Waals surface area contributed by atoms with Gasteiger partial charge in [0.1, 0.15) is 0 Å². The molecule has 1 aromatic rings. The Hall–Kier alpha value is -0.210. The van der Waals surface area contributed by atoms with Gasteiger partial charge in [-0.2, -0.15) is 0 Å². The Labute approximate surface area is 116 Å². The minimum Gasteiger partial charge on any atom is -0.391 e. The van der Waals surface area contributed by atoms with Crippen LogP contribution in [0.4, 0.5) is 0 Å². The molecule has 0 aromatic carbocycles. The van der Waals surface area contributed by atoms with Gasteiger partial charge in [-0.25, -0.2) is 18.1 Å². The second kappa shape index (κ2) is 6.81. The van der Waals surface area contributed by atoms with Gasteiger partial charge >= 0.3 is 0 Å². The van der Waals surface area contributed by atoms with Gasteiger partial charge in [-0.05, 0) is 5.92 Å². The summed E-state index contributed by atoms with van der Waals surface area (Å²) in [6, 6.07) is 0. The van der Waals surface area contributed by atoms with E-state index in [9.17, 15) is 13.5 Å². The van der Waals surface area contributed by atoms with E-state index in [1.807, 2.05) is 13.8 Å². The van der Waals surface area contributed by atoms with Gasteiger partial charge in [0.2, 0.25) is 0 Å². The van der Waals surface area contributed by atoms with E-state index >= 15 is 0 Å². The summed E-state index contributed by atoms with van der Waals surface area (Å²) in [6.45, 7) is 3.94. The predicted molar refractivity (Wildman–Crippen MR) is 72.4 cm³/mol. The van der Waals surface area contributed by atoms with Crippen molar-refractivity contribution in [3.8, 4) is 0 Å². The maximum Gasteiger partial charge on any atom is 0.251 e. The Morgan fingerprint density at radius 3 is 2.56 bits per heavy atom. The SMILES string of the molecule is CCC(CC)C(O)CNS(=O)(=O)c1cnc(Cl)s1. The second-order valence-corrected chi connectivity index (χ2v) is 7.53. The number of thiazole rings is 1. The number of hydrogen-bond acceptors (Lipinski definition) is 5. The molecule has 0 aliphatic heterocycles. The molecule has 1 unspecified atom stereocenters. The average Bonchev–Trinajstić information content (AvgIpc) is 2.76. The fourth-order valence-corrected chi connectivity index (χ4v) is 4.02. The lowest BCUT2D eigenvalue weighted by Gasteiger charge is -2.19. The standard InChI is InChI=1S/C10H17ClN2O3S2/c1-3-7(4-2)8(14)5-13-18(15,16)9-6-12-10(11)17-9/h6-8,13-14H,3-5H2,1-2H3. The van der Waals surface area contributed by atoms with Gasteiger partial charge in [-0.15, -0.1) is 0 Å². The molecule has 2 N–H and O–H groups in total. The van der Waals surface area contributed by atoms with Crippen molar-refractivity contribution in [2.75, 3.05) is 6.54 Å². The largest absolute Gasteiger partial charge is 0.391 e. The van der Waals surface area contributed by atoms with Crippen LogP contribution in [0.15, 0.2) is 10.4 Å². The van der Waals surface area contributed by atoms with Crippen molar-refractivity contribution in [1.29, 1.82) is 0 Å². The summed E-state index contributed by atoms with van der Waals surface area (Å²) >= 11 is 6.48. The van der Waals surface area contributed by atoms with Crippen LogP contribution in [0.25, 0.3) is 0 Å². The summed E-state index contributed by atoms with van der Waals surface area (Å²) < 4.78 is 26.3. The van der Waals surface area contributed by atoms with Crippen LogP contribution >= 0.6 is 22.9 Å². The van der Waals surface area contributed by atoms with Gasteiger partial charge in [0, 0.05) is 6.54 Å². The first-order chi connectivity index (χ1) is 8.40. The number of hydrogen-bond donors (Lipinski definition) is 2. The molecule has 0 spiro atoms. The molecule has 1 atom stereocenters. The van der Waals surface area contributed by atoms with E-state index in [1.165, 1.54) is 6.20 Å². The molecule has 0 radical (unpaired) electrons. The Morgan fingerprint density at radius 2 is 2.11 bits per heavy atom. The minimum absolute atomic E-state index is 0.00417. The van der Waals surface area contributed by atoms with Crippen LogP contribution in [0.2, 0.25) is 4.47 Å². The first-order valence-corrected chi connectivity index (χ1v) is 8.37. The fourth-order valence-electron chi connectivity index (χ4n) is 1.63. The number of rotatable bonds is 7. The summed E-state index contributed by atoms with van der Waals surface area (Å²) in [7, 11) is -3.62. The quantitative estimate of drug-likeness (QED) is 0.805. The van der Waals surface area contributed by atoms with E-state index < -0.39 is 16.1 Å². The molecular formula is C10H17ClN2O3S2. The molecule has 0 fully saturated rings. The Morgan fingerprint density at radius 1 is 1.50 bits per heavy atom. The van der Waals surface area contributed by atoms with Gasteiger partial charge in [-0.3, -0.25) is 0 Å². The Bertz CT molecular complexity index is 471. The number of aromatic nitrogens is 1. The van der Waals surface area contributed by atoms with Gasteiger partial charge in [0.05, 0.1) is 12.3 Å². The van der Waals surface area contributed by atoms with Crippen LogP contribution < -0.4 is 4.72 Å². The highest BCUT2D eigenvalue weighted by Crippen LogP contribution is 2.22. The van der Waals surface area contributed by atoms with E-state index in [-0.39, 0.29) is 21.1 Å². The molecule has 8 heteroatoms. The molecular weight excluding hydrogens is 296 g/mol. The molecule has 5 nitrogen and oxygen atoms in total. The van der Waals surface area contributed by atoms with Crippen LogP contribution in [0, 0.1) is 5.92 Å². The second-order valence-electron chi connectivity index (χ2n) is 3.93. The highest BCUT2D eigenvalue weighted by Gasteiger charge is 2.21. The van der Waals surface area contributed by atoms with Crippen molar-refractivity contribution in [2.45, 2.75) is 37.0 Å². The van der Waals surface area contributed by atoms with Crippen molar-refractivity contribution in [3.05, 3.63) is 10.7 Å². The van der Waals surface area contributed by atoms with Crippen molar-refractivity contribution in [3.63, 3.8) is 0 Å². The van der Waals surface area contributed by atoms with E-state index in [0.717, 1.165) is 24.2 Å². The number of aliphatic hydroxyl groups excluding tert-OH is 1. The summed E-state index contributed by atoms with van der Waals surface area (Å²) in [5.74, 6) is 0.0951. The highest BCUT2D eigenvalue weighted by molar-refractivity contribution is 7.91. The van der Waals surface area contributed by atoms with Gasteiger partial charge in [-0.1, -0.05) is 49.6 Å². The van der Waals surface area contributed by atoms with Crippen molar-refractivity contribution >= 4 is 33.0 Å². The van der Waals surface area contributed by atoms with Crippen LogP contribution in [-0.4, -0.2) is 31.2 Å². The molecule has 0 bridgehead atoms. The summed E-state index contributed by atoms with van der Waals surface area (Å²) in [5, 5.41) is 9.86. The normalized spacial score (nSPS) is 14.1. The zero-order valence-electron chi connectivity index (χ0n) is 10.3. The lowest BCUT2D eigenvalue weighted by molar-refractivity contribution is 0.107. The van der Waals surface area contributed by atoms with E-state index in [1.54, 1.807) is 0 Å². The highest BCUT2D eigenvalue weighted by atomic mass is 35.5. The van der Waals surface area contributed by atoms with Crippen molar-refractivity contribution in [2.24, 2.45) is 5.92 Å². The molecule has 1 aromatic heterocycles. The summed E-state index contributed by atoms with van der Waals surface area (Å²) in [4.78, 5) is 3.68. The Balaban J connectivity index is 2.62. The predicted octanol–water partition coefficient (Wildman–Crippen LogP) is 1.87. The van der Waals surface area contributed by atoms with E-state index in [0.29, 0.717) is 0 Å². The molecule has 1 rings (SSSR count). The molecule has 1 heterocycles. The lowest BCUT2D eigenvalue weighted by Crippen LogP contribution is -2.35. The Kier molecular flexibility index (Phi) is 6.00. The lowest BCUT2D eigenvalue weighted by atomic mass is 9.97. The number of nitrogens with one attached hydrogen (secondary N) is 1. The third-order valence-corrected chi connectivity index (χ3v) is 5.80. The molecule has 0 saturated carbocycles. The monoisotopic (exact) mass is 312 g/mol. The molecule has 0 aliphatic rings. The van der Waals surface area contributed by atoms with Crippen LogP contribution in [0.1, 0.15) is 26.7 Å². The zero-order chi connectivity index (χ0) is 13.8. The first-order valence-electron chi connectivity index (χ1n) is 5.69. The third-order valence-electron chi connectivity index (χ3n) is 2.80. The smallest absolute Gasteiger partial charge is 0.251 e. The molecule has 0 saturated heterocycles. The van der Waals surface area contributed by atoms with Crippen LogP contribution in [0.5, 0.6) is 0 Å². The number of halogens is 1. The van der Waals surface area contributed by atoms with Crippen LogP contribution in [0.3, 0.4) is 0 Å². The topological polar surface area (TPSA) is 79.3 Å². The zero-order valence-corrected chi connectivity index (χ0v) is 12.6. The van der Waals surface area contributed by atoms with E-state index in [4.69, 9.17) is 11.6 Å². The van der Waals surface area contributed by atoms with Crippen molar-refractivity contribution in [1.82, 2.24) is 9.71 Å². The maximum absolute atomic E-state index is 11.8. The summed E-state index contributed by atoms with van der Waals surface area (Å²) in [6.07, 6.45) is 2.15. The fraction of sp³-hybridized carbons (Fsp3) is 0.700. The van der Waals surface area contributed by atoms with Crippen molar-refractivity contribution < 1.29 is 13.5 Å². The number of sulfonamides is 1. The summed E-state index contributed by atoms with van der Waals surface area (Å²) in [5.41, 5.74) is 0. The molecule has 18 heavy (non-hydrogen) atoms.